The summed E-state index contributed by atoms with van der Waals surface area (Å²) in [5, 5.41) is 8.06. The van der Waals surface area contributed by atoms with E-state index in [0.29, 0.717) is 12.0 Å². The summed E-state index contributed by atoms with van der Waals surface area (Å²) >= 11 is 1.71. The number of rotatable bonds is 6. The molecule has 5 heteroatoms. The van der Waals surface area contributed by atoms with Crippen LogP contribution in [0.5, 0.6) is 0 Å². The number of nitrogens with zero attached hydrogens (tertiary/aromatic N) is 2. The van der Waals surface area contributed by atoms with Gasteiger partial charge in [0.15, 0.2) is 5.13 Å². The van der Waals surface area contributed by atoms with Gasteiger partial charge in [-0.2, -0.15) is 0 Å². The van der Waals surface area contributed by atoms with Gasteiger partial charge in [-0.3, -0.25) is 4.99 Å². The Morgan fingerprint density at radius 2 is 1.94 bits per heavy atom. The molecule has 0 saturated heterocycles. The fraction of sp³-hybridized carbons (Fsp3) is 0.357. The van der Waals surface area contributed by atoms with Gasteiger partial charge in [-0.25, -0.2) is 4.98 Å². The van der Waals surface area contributed by atoms with Gasteiger partial charge < -0.3 is 10.6 Å². The van der Waals surface area contributed by atoms with Crippen molar-refractivity contribution in [3.05, 3.63) is 77.9 Å². The van der Waals surface area contributed by atoms with E-state index in [-0.39, 0.29) is 0 Å². The first kappa shape index (κ1) is 21.9. The van der Waals surface area contributed by atoms with E-state index in [1.165, 1.54) is 28.7 Å². The lowest BCUT2D eigenvalue weighted by Crippen LogP contribution is -2.16. The lowest BCUT2D eigenvalue weighted by molar-refractivity contribution is 0.636. The Kier molecular flexibility index (Phi) is 6.87. The molecule has 5 rings (SSSR count). The number of aromatic nitrogens is 1. The molecule has 2 aliphatic rings. The summed E-state index contributed by atoms with van der Waals surface area (Å²) in [5.74, 6) is 1.74. The summed E-state index contributed by atoms with van der Waals surface area (Å²) in [7, 11) is 0. The second-order valence-electron chi connectivity index (χ2n) is 9.10. The van der Waals surface area contributed by atoms with E-state index in [4.69, 9.17) is 4.99 Å². The van der Waals surface area contributed by atoms with Crippen LogP contribution in [0.2, 0.25) is 0 Å². The number of anilines is 2. The Labute approximate surface area is 200 Å². The maximum Gasteiger partial charge on any atom is 0.183 e. The van der Waals surface area contributed by atoms with Crippen molar-refractivity contribution in [2.75, 3.05) is 17.2 Å². The molecule has 2 atom stereocenters. The molecular weight excluding hydrogens is 424 g/mol. The first-order chi connectivity index (χ1) is 16.2. The van der Waals surface area contributed by atoms with Crippen LogP contribution in [0.3, 0.4) is 0 Å². The first-order valence-electron chi connectivity index (χ1n) is 12.1. The van der Waals surface area contributed by atoms with Gasteiger partial charge in [0.2, 0.25) is 0 Å². The summed E-state index contributed by atoms with van der Waals surface area (Å²) < 4.78 is 1.23. The third kappa shape index (κ3) is 5.72. The van der Waals surface area contributed by atoms with E-state index in [0.717, 1.165) is 54.4 Å². The van der Waals surface area contributed by atoms with Crippen molar-refractivity contribution < 1.29 is 0 Å². The molecule has 33 heavy (non-hydrogen) atoms. The van der Waals surface area contributed by atoms with Crippen molar-refractivity contribution in [3.63, 3.8) is 0 Å². The molecule has 0 amide bonds. The Morgan fingerprint density at radius 1 is 1.06 bits per heavy atom. The highest BCUT2D eigenvalue weighted by molar-refractivity contribution is 7.22. The van der Waals surface area contributed by atoms with E-state index >= 15 is 0 Å². The van der Waals surface area contributed by atoms with Crippen LogP contribution >= 0.6 is 11.3 Å². The van der Waals surface area contributed by atoms with Gasteiger partial charge in [-0.05, 0) is 67.0 Å². The molecule has 0 radical (unpaired) electrons. The zero-order valence-corrected chi connectivity index (χ0v) is 20.1. The smallest absolute Gasteiger partial charge is 0.183 e. The SMILES string of the molecule is CC1C=C(C2CCCCC(Nc3ccc(CCNc4nc5ccccc5s4)cc3)=N2)C=CC1. The van der Waals surface area contributed by atoms with Gasteiger partial charge in [0, 0.05) is 18.7 Å². The Balaban J connectivity index is 1.17. The molecule has 0 saturated carbocycles. The molecule has 0 spiro atoms. The molecule has 3 aromatic rings. The lowest BCUT2D eigenvalue weighted by Gasteiger charge is -2.19. The predicted molar refractivity (Wildman–Crippen MR) is 143 cm³/mol. The molecule has 2 heterocycles. The maximum atomic E-state index is 5.12. The van der Waals surface area contributed by atoms with Crippen LogP contribution in [-0.4, -0.2) is 23.4 Å². The average Bonchev–Trinajstić information content (AvgIpc) is 3.10. The van der Waals surface area contributed by atoms with Crippen LogP contribution in [0, 0.1) is 5.92 Å². The summed E-state index contributed by atoms with van der Waals surface area (Å²) in [6.07, 6.45) is 13.7. The minimum Gasteiger partial charge on any atom is -0.361 e. The molecule has 4 nitrogen and oxygen atoms in total. The molecule has 1 aliphatic carbocycles. The number of para-hydroxylation sites is 1. The highest BCUT2D eigenvalue weighted by Gasteiger charge is 2.18. The number of nitrogens with one attached hydrogen (secondary N) is 2. The summed E-state index contributed by atoms with van der Waals surface area (Å²) in [6.45, 7) is 3.17. The van der Waals surface area contributed by atoms with Crippen LogP contribution in [0.25, 0.3) is 10.2 Å². The van der Waals surface area contributed by atoms with Crippen LogP contribution in [0.15, 0.2) is 77.3 Å². The number of hydrogen-bond donors (Lipinski definition) is 2. The number of thiazole rings is 1. The van der Waals surface area contributed by atoms with E-state index in [2.05, 4.69) is 83.2 Å². The minimum absolute atomic E-state index is 0.293. The molecule has 2 N–H and O–H groups in total. The van der Waals surface area contributed by atoms with E-state index < -0.39 is 0 Å². The quantitative estimate of drug-likeness (QED) is 0.411. The molecule has 2 unspecified atom stereocenters. The number of amidine groups is 1. The Morgan fingerprint density at radius 3 is 2.79 bits per heavy atom. The minimum atomic E-state index is 0.293. The first-order valence-corrected chi connectivity index (χ1v) is 12.9. The number of hydrogen-bond acceptors (Lipinski definition) is 5. The van der Waals surface area contributed by atoms with Gasteiger partial charge in [-0.1, -0.05) is 67.2 Å². The number of fused-ring (bicyclic) bond motifs is 1. The van der Waals surface area contributed by atoms with Crippen molar-refractivity contribution in [3.8, 4) is 0 Å². The highest BCUT2D eigenvalue weighted by Crippen LogP contribution is 2.27. The molecule has 170 valence electrons. The molecule has 1 aliphatic heterocycles. The second-order valence-corrected chi connectivity index (χ2v) is 10.1. The van der Waals surface area contributed by atoms with Crippen molar-refractivity contribution in [2.45, 2.75) is 51.5 Å². The van der Waals surface area contributed by atoms with Gasteiger partial charge in [-0.15, -0.1) is 0 Å². The normalized spacial score (nSPS) is 20.8. The van der Waals surface area contributed by atoms with Crippen LogP contribution in [-0.2, 0) is 6.42 Å². The summed E-state index contributed by atoms with van der Waals surface area (Å²) in [4.78, 5) is 9.77. The molecular formula is C28H32N4S. The Bertz CT molecular complexity index is 1140. The zero-order chi connectivity index (χ0) is 22.5. The number of allylic oxidation sites excluding steroid dienone is 2. The van der Waals surface area contributed by atoms with E-state index in [1.54, 1.807) is 11.3 Å². The van der Waals surface area contributed by atoms with Gasteiger partial charge in [0.1, 0.15) is 5.84 Å². The highest BCUT2D eigenvalue weighted by atomic mass is 32.1. The maximum absolute atomic E-state index is 5.12. The summed E-state index contributed by atoms with van der Waals surface area (Å²) in [5.41, 5.74) is 4.90. The average molecular weight is 457 g/mol. The molecule has 0 bridgehead atoms. The van der Waals surface area contributed by atoms with Crippen molar-refractivity contribution in [2.24, 2.45) is 10.9 Å². The van der Waals surface area contributed by atoms with Crippen molar-refractivity contribution >= 4 is 38.2 Å². The third-order valence-corrected chi connectivity index (χ3v) is 7.35. The van der Waals surface area contributed by atoms with E-state index in [9.17, 15) is 0 Å². The lowest BCUT2D eigenvalue weighted by atomic mass is 9.92. The van der Waals surface area contributed by atoms with E-state index in [1.807, 2.05) is 6.07 Å². The monoisotopic (exact) mass is 456 g/mol. The largest absolute Gasteiger partial charge is 0.361 e. The van der Waals surface area contributed by atoms with Gasteiger partial charge >= 0.3 is 0 Å². The van der Waals surface area contributed by atoms with Crippen LogP contribution in [0.4, 0.5) is 10.8 Å². The van der Waals surface area contributed by atoms with Gasteiger partial charge in [0.05, 0.1) is 16.3 Å². The molecule has 0 fully saturated rings. The second kappa shape index (κ2) is 10.3. The van der Waals surface area contributed by atoms with Gasteiger partial charge in [0.25, 0.3) is 0 Å². The number of aliphatic imine (C=N–C) groups is 1. The van der Waals surface area contributed by atoms with Crippen molar-refractivity contribution in [1.82, 2.24) is 4.98 Å². The summed E-state index contributed by atoms with van der Waals surface area (Å²) in [6, 6.07) is 17.4. The standard InChI is InChI=1S/C28H32N4S/c1-20-7-6-8-22(19-20)24-9-3-5-12-27(31-24)30-23-15-13-21(14-16-23)17-18-29-28-32-25-10-2-4-11-26(25)33-28/h2,4,6,8,10-11,13-16,19-20,24H,3,5,7,9,12,17-18H2,1H3,(H,29,32)(H,30,31). The topological polar surface area (TPSA) is 49.3 Å². The molecule has 1 aromatic heterocycles. The Hall–Kier alpha value is -2.92. The third-order valence-electron chi connectivity index (χ3n) is 6.36. The van der Waals surface area contributed by atoms with Crippen molar-refractivity contribution in [1.29, 1.82) is 0 Å². The fourth-order valence-electron chi connectivity index (χ4n) is 4.56. The number of benzene rings is 2. The molecule has 2 aromatic carbocycles. The van der Waals surface area contributed by atoms with Crippen LogP contribution in [0.1, 0.15) is 44.6 Å². The zero-order valence-electron chi connectivity index (χ0n) is 19.3. The fourth-order valence-corrected chi connectivity index (χ4v) is 5.45. The predicted octanol–water partition coefficient (Wildman–Crippen LogP) is 7.23. The van der Waals surface area contributed by atoms with Crippen LogP contribution < -0.4 is 10.6 Å².